The van der Waals surface area contributed by atoms with Gasteiger partial charge in [0.25, 0.3) is 0 Å². The molecule has 1 saturated heterocycles. The predicted molar refractivity (Wildman–Crippen MR) is 109 cm³/mol. The van der Waals surface area contributed by atoms with Crippen LogP contribution < -0.4 is 10.1 Å². The van der Waals surface area contributed by atoms with E-state index >= 15 is 0 Å². The van der Waals surface area contributed by atoms with E-state index in [0.29, 0.717) is 6.61 Å². The second kappa shape index (κ2) is 11.5. The Kier molecular flexibility index (Phi) is 10.1. The smallest absolute Gasteiger partial charge is 0.194 e. The molecule has 6 heteroatoms. The molecule has 5 nitrogen and oxygen atoms in total. The minimum absolute atomic E-state index is 0. The normalized spacial score (nSPS) is 17.3. The third-order valence-corrected chi connectivity index (χ3v) is 3.82. The van der Waals surface area contributed by atoms with Crippen LogP contribution >= 0.6 is 24.0 Å². The van der Waals surface area contributed by atoms with Crippen molar-refractivity contribution < 1.29 is 9.47 Å². The molecular formula is C18H30IN3O2. The summed E-state index contributed by atoms with van der Waals surface area (Å²) < 4.78 is 11.1. The van der Waals surface area contributed by atoms with E-state index in [-0.39, 0.29) is 30.1 Å². The van der Waals surface area contributed by atoms with Gasteiger partial charge in [-0.05, 0) is 44.4 Å². The lowest BCUT2D eigenvalue weighted by Gasteiger charge is -2.22. The molecule has 1 atom stereocenters. The van der Waals surface area contributed by atoms with Crippen molar-refractivity contribution in [1.29, 1.82) is 0 Å². The third kappa shape index (κ3) is 6.84. The lowest BCUT2D eigenvalue weighted by Crippen LogP contribution is -2.39. The number of nitrogens with one attached hydrogen (secondary N) is 1. The summed E-state index contributed by atoms with van der Waals surface area (Å²) in [5.74, 6) is 1.84. The van der Waals surface area contributed by atoms with Gasteiger partial charge in [0.1, 0.15) is 5.75 Å². The van der Waals surface area contributed by atoms with Crippen molar-refractivity contribution in [2.24, 2.45) is 4.99 Å². The molecule has 1 aliphatic heterocycles. The monoisotopic (exact) mass is 447 g/mol. The molecule has 1 fully saturated rings. The van der Waals surface area contributed by atoms with Gasteiger partial charge in [0.05, 0.1) is 19.3 Å². The first-order chi connectivity index (χ1) is 11.2. The zero-order valence-electron chi connectivity index (χ0n) is 15.0. The minimum Gasteiger partial charge on any atom is -0.494 e. The fraction of sp³-hybridized carbons (Fsp3) is 0.611. The minimum atomic E-state index is 0. The Morgan fingerprint density at radius 2 is 2.08 bits per heavy atom. The topological polar surface area (TPSA) is 46.1 Å². The van der Waals surface area contributed by atoms with Crippen molar-refractivity contribution in [2.75, 3.05) is 33.4 Å². The SMILES string of the molecule is CCNC(=NCC1CCCO1)N(C)Cc1ccc(OCC)cc1.I. The molecule has 1 heterocycles. The van der Waals surface area contributed by atoms with Gasteiger partial charge in [-0.3, -0.25) is 4.99 Å². The highest BCUT2D eigenvalue weighted by atomic mass is 127. The number of rotatable bonds is 7. The van der Waals surface area contributed by atoms with Gasteiger partial charge in [0, 0.05) is 26.7 Å². The number of nitrogens with zero attached hydrogens (tertiary/aromatic N) is 2. The van der Waals surface area contributed by atoms with E-state index in [4.69, 9.17) is 14.5 Å². The van der Waals surface area contributed by atoms with Crippen molar-refractivity contribution in [3.63, 3.8) is 0 Å². The fourth-order valence-electron chi connectivity index (χ4n) is 2.65. The molecule has 0 amide bonds. The van der Waals surface area contributed by atoms with E-state index in [9.17, 15) is 0 Å². The maximum Gasteiger partial charge on any atom is 0.194 e. The van der Waals surface area contributed by atoms with Crippen molar-refractivity contribution in [3.8, 4) is 5.75 Å². The molecule has 2 rings (SSSR count). The average Bonchev–Trinajstić information content (AvgIpc) is 3.07. The molecule has 24 heavy (non-hydrogen) atoms. The standard InChI is InChI=1S/C18H29N3O2.HI/c1-4-19-18(20-13-17-7-6-12-23-17)21(3)14-15-8-10-16(11-9-15)22-5-2;/h8-11,17H,4-7,12-14H2,1-3H3,(H,19,20);1H. The van der Waals surface area contributed by atoms with Crippen LogP contribution in [0.25, 0.3) is 0 Å². The van der Waals surface area contributed by atoms with Crippen LogP contribution in [0.1, 0.15) is 32.3 Å². The van der Waals surface area contributed by atoms with Gasteiger partial charge in [0.15, 0.2) is 5.96 Å². The van der Waals surface area contributed by atoms with Gasteiger partial charge in [-0.1, -0.05) is 12.1 Å². The number of halogens is 1. The number of hydrogen-bond donors (Lipinski definition) is 1. The van der Waals surface area contributed by atoms with Crippen LogP contribution in [0.3, 0.4) is 0 Å². The van der Waals surface area contributed by atoms with E-state index < -0.39 is 0 Å². The van der Waals surface area contributed by atoms with Gasteiger partial charge in [0.2, 0.25) is 0 Å². The highest BCUT2D eigenvalue weighted by molar-refractivity contribution is 14.0. The summed E-state index contributed by atoms with van der Waals surface area (Å²) in [5.41, 5.74) is 1.23. The van der Waals surface area contributed by atoms with Crippen molar-refractivity contribution in [3.05, 3.63) is 29.8 Å². The van der Waals surface area contributed by atoms with Gasteiger partial charge >= 0.3 is 0 Å². The van der Waals surface area contributed by atoms with Gasteiger partial charge in [-0.15, -0.1) is 24.0 Å². The van der Waals surface area contributed by atoms with Crippen LogP contribution in [0.5, 0.6) is 5.75 Å². The molecule has 0 spiro atoms. The summed E-state index contributed by atoms with van der Waals surface area (Å²) in [6, 6.07) is 8.24. The van der Waals surface area contributed by atoms with Crippen LogP contribution in [0.2, 0.25) is 0 Å². The highest BCUT2D eigenvalue weighted by Crippen LogP contribution is 2.14. The van der Waals surface area contributed by atoms with Gasteiger partial charge < -0.3 is 19.7 Å². The van der Waals surface area contributed by atoms with E-state index in [1.165, 1.54) is 5.56 Å². The molecule has 136 valence electrons. The summed E-state index contributed by atoms with van der Waals surface area (Å²) in [4.78, 5) is 6.87. The highest BCUT2D eigenvalue weighted by Gasteiger charge is 2.15. The summed E-state index contributed by atoms with van der Waals surface area (Å²) >= 11 is 0. The van der Waals surface area contributed by atoms with Crippen LogP contribution in [-0.2, 0) is 11.3 Å². The number of guanidine groups is 1. The second-order valence-corrected chi connectivity index (χ2v) is 5.76. The number of benzene rings is 1. The lowest BCUT2D eigenvalue weighted by atomic mass is 10.2. The predicted octanol–water partition coefficient (Wildman–Crippen LogP) is 3.28. The summed E-state index contributed by atoms with van der Waals surface area (Å²) in [6.07, 6.45) is 2.55. The maximum absolute atomic E-state index is 5.65. The fourth-order valence-corrected chi connectivity index (χ4v) is 2.65. The van der Waals surface area contributed by atoms with E-state index in [1.54, 1.807) is 0 Å². The molecule has 1 aliphatic rings. The quantitative estimate of drug-likeness (QED) is 0.396. The maximum atomic E-state index is 5.65. The van der Waals surface area contributed by atoms with Crippen molar-refractivity contribution in [2.45, 2.75) is 39.3 Å². The zero-order chi connectivity index (χ0) is 16.5. The van der Waals surface area contributed by atoms with Crippen molar-refractivity contribution in [1.82, 2.24) is 10.2 Å². The molecule has 1 aromatic carbocycles. The Hall–Kier alpha value is -1.02. The Morgan fingerprint density at radius 3 is 2.67 bits per heavy atom. The zero-order valence-corrected chi connectivity index (χ0v) is 17.3. The Morgan fingerprint density at radius 1 is 1.33 bits per heavy atom. The second-order valence-electron chi connectivity index (χ2n) is 5.76. The molecule has 1 unspecified atom stereocenters. The molecule has 0 bridgehead atoms. The van der Waals surface area contributed by atoms with E-state index in [1.807, 2.05) is 19.1 Å². The Balaban J connectivity index is 0.00000288. The van der Waals surface area contributed by atoms with Crippen LogP contribution in [0.15, 0.2) is 29.3 Å². The molecule has 0 aromatic heterocycles. The van der Waals surface area contributed by atoms with Crippen LogP contribution in [-0.4, -0.2) is 50.3 Å². The van der Waals surface area contributed by atoms with Gasteiger partial charge in [-0.2, -0.15) is 0 Å². The van der Waals surface area contributed by atoms with Crippen LogP contribution in [0.4, 0.5) is 0 Å². The average molecular weight is 447 g/mol. The largest absolute Gasteiger partial charge is 0.494 e. The molecule has 0 aliphatic carbocycles. The molecule has 1 N–H and O–H groups in total. The molecule has 0 saturated carbocycles. The molecule has 0 radical (unpaired) electrons. The first kappa shape index (κ1) is 21.0. The molecule has 1 aromatic rings. The number of aliphatic imine (C=N–C) groups is 1. The molecular weight excluding hydrogens is 417 g/mol. The summed E-state index contributed by atoms with van der Waals surface area (Å²) in [7, 11) is 2.06. The number of ether oxygens (including phenoxy) is 2. The number of hydrogen-bond acceptors (Lipinski definition) is 3. The Labute approximate surface area is 162 Å². The Bertz CT molecular complexity index is 488. The van der Waals surface area contributed by atoms with Gasteiger partial charge in [-0.25, -0.2) is 0 Å². The first-order valence-electron chi connectivity index (χ1n) is 8.55. The lowest BCUT2D eigenvalue weighted by molar-refractivity contribution is 0.117. The van der Waals surface area contributed by atoms with E-state index in [0.717, 1.165) is 50.8 Å². The van der Waals surface area contributed by atoms with E-state index in [2.05, 4.69) is 36.3 Å². The third-order valence-electron chi connectivity index (χ3n) is 3.82. The first-order valence-corrected chi connectivity index (χ1v) is 8.55. The summed E-state index contributed by atoms with van der Waals surface area (Å²) in [5, 5.41) is 3.35. The van der Waals surface area contributed by atoms with Crippen molar-refractivity contribution >= 4 is 29.9 Å². The summed E-state index contributed by atoms with van der Waals surface area (Å²) in [6.45, 7) is 8.05. The van der Waals surface area contributed by atoms with Crippen LogP contribution in [0, 0.1) is 0 Å².